The van der Waals surface area contributed by atoms with Crippen molar-refractivity contribution in [1.29, 1.82) is 0 Å². The van der Waals surface area contributed by atoms with Crippen molar-refractivity contribution in [1.82, 2.24) is 15.2 Å². The lowest BCUT2D eigenvalue weighted by atomic mass is 9.89. The second-order valence-corrected chi connectivity index (χ2v) is 6.78. The summed E-state index contributed by atoms with van der Waals surface area (Å²) >= 11 is 0. The Morgan fingerprint density at radius 2 is 1.81 bits per heavy atom. The van der Waals surface area contributed by atoms with E-state index >= 15 is 0 Å². The average molecular weight is 351 g/mol. The van der Waals surface area contributed by atoms with E-state index in [0.717, 1.165) is 29.8 Å². The van der Waals surface area contributed by atoms with E-state index in [9.17, 15) is 9.59 Å². The normalized spacial score (nSPS) is 14.9. The summed E-state index contributed by atoms with van der Waals surface area (Å²) in [6.07, 6.45) is 2.11. The van der Waals surface area contributed by atoms with Gasteiger partial charge in [0.25, 0.3) is 5.91 Å². The minimum Gasteiger partial charge on any atom is -0.355 e. The van der Waals surface area contributed by atoms with Crippen LogP contribution in [-0.2, 0) is 11.2 Å². The summed E-state index contributed by atoms with van der Waals surface area (Å²) < 4.78 is 0. The summed E-state index contributed by atoms with van der Waals surface area (Å²) in [6.45, 7) is 3.36. The number of aryl methyl sites for hydroxylation is 1. The van der Waals surface area contributed by atoms with Crippen LogP contribution in [-0.4, -0.2) is 41.8 Å². The maximum absolute atomic E-state index is 12.5. The van der Waals surface area contributed by atoms with Gasteiger partial charge >= 0.3 is 0 Å². The second kappa shape index (κ2) is 8.13. The largest absolute Gasteiger partial charge is 0.355 e. The molecule has 0 atom stereocenters. The number of nitrogens with zero attached hydrogens (tertiary/aromatic N) is 2. The summed E-state index contributed by atoms with van der Waals surface area (Å²) in [5.41, 5.74) is 3.46. The molecule has 0 spiro atoms. The number of hydrogen-bond acceptors (Lipinski definition) is 3. The molecule has 0 aliphatic carbocycles. The Balaban J connectivity index is 1.66. The first-order chi connectivity index (χ1) is 12.6. The van der Waals surface area contributed by atoms with Gasteiger partial charge in [-0.2, -0.15) is 0 Å². The van der Waals surface area contributed by atoms with Crippen LogP contribution in [0.1, 0.15) is 46.1 Å². The third-order valence-electron chi connectivity index (χ3n) is 4.97. The Bertz CT molecular complexity index is 781. The number of carbonyl (C=O) groups is 2. The molecular formula is C21H25N3O2. The Hall–Kier alpha value is -2.69. The van der Waals surface area contributed by atoms with Gasteiger partial charge in [-0.15, -0.1) is 0 Å². The van der Waals surface area contributed by atoms with E-state index in [-0.39, 0.29) is 17.7 Å². The highest BCUT2D eigenvalue weighted by molar-refractivity contribution is 5.95. The first kappa shape index (κ1) is 18.1. The molecule has 1 N–H and O–H groups in total. The quantitative estimate of drug-likeness (QED) is 0.921. The van der Waals surface area contributed by atoms with Gasteiger partial charge in [-0.05, 0) is 37.5 Å². The number of hydrogen-bond donors (Lipinski definition) is 1. The van der Waals surface area contributed by atoms with E-state index in [4.69, 9.17) is 0 Å². The summed E-state index contributed by atoms with van der Waals surface area (Å²) in [7, 11) is 1.64. The molecule has 2 heterocycles. The number of amides is 2. The van der Waals surface area contributed by atoms with E-state index < -0.39 is 0 Å². The minimum atomic E-state index is -0.102. The number of benzene rings is 1. The van der Waals surface area contributed by atoms with Crippen LogP contribution >= 0.6 is 0 Å². The van der Waals surface area contributed by atoms with Crippen molar-refractivity contribution in [3.05, 3.63) is 65.0 Å². The maximum atomic E-state index is 12.5. The van der Waals surface area contributed by atoms with Crippen LogP contribution in [0.5, 0.6) is 0 Å². The van der Waals surface area contributed by atoms with Gasteiger partial charge in [0.05, 0.1) is 17.7 Å². The van der Waals surface area contributed by atoms with Crippen LogP contribution in [0.4, 0.5) is 0 Å². The van der Waals surface area contributed by atoms with Crippen LogP contribution in [0.15, 0.2) is 42.5 Å². The standard InChI is InChI=1S/C21H25N3O2/c1-15-8-9-18(21(26)22-2)20(23-15)17-10-12-24(13-11-17)19(25)14-16-6-4-3-5-7-16/h3-9,17H,10-14H2,1-2H3,(H,22,26). The number of piperidine rings is 1. The van der Waals surface area contributed by atoms with Crippen molar-refractivity contribution < 1.29 is 9.59 Å². The molecule has 1 fully saturated rings. The molecule has 0 radical (unpaired) electrons. The molecule has 1 aliphatic heterocycles. The highest BCUT2D eigenvalue weighted by Gasteiger charge is 2.27. The fraction of sp³-hybridized carbons (Fsp3) is 0.381. The van der Waals surface area contributed by atoms with E-state index in [1.807, 2.05) is 54.3 Å². The molecule has 2 aromatic rings. The zero-order chi connectivity index (χ0) is 18.5. The number of pyridine rings is 1. The van der Waals surface area contributed by atoms with Gasteiger partial charge < -0.3 is 10.2 Å². The Labute approximate surface area is 154 Å². The highest BCUT2D eigenvalue weighted by Crippen LogP contribution is 2.29. The Morgan fingerprint density at radius 1 is 1.12 bits per heavy atom. The van der Waals surface area contributed by atoms with E-state index in [2.05, 4.69) is 10.3 Å². The minimum absolute atomic E-state index is 0.102. The monoisotopic (exact) mass is 351 g/mol. The molecule has 5 heteroatoms. The molecule has 1 saturated heterocycles. The second-order valence-electron chi connectivity index (χ2n) is 6.78. The van der Waals surface area contributed by atoms with E-state index in [0.29, 0.717) is 25.1 Å². The lowest BCUT2D eigenvalue weighted by Gasteiger charge is -2.32. The van der Waals surface area contributed by atoms with Gasteiger partial charge in [0.15, 0.2) is 0 Å². The predicted octanol–water partition coefficient (Wildman–Crippen LogP) is 2.70. The number of nitrogens with one attached hydrogen (secondary N) is 1. The van der Waals surface area contributed by atoms with Crippen LogP contribution in [0, 0.1) is 6.92 Å². The number of carbonyl (C=O) groups excluding carboxylic acids is 2. The van der Waals surface area contributed by atoms with Gasteiger partial charge in [-0.25, -0.2) is 0 Å². The fourth-order valence-corrected chi connectivity index (χ4v) is 3.50. The average Bonchev–Trinajstić information content (AvgIpc) is 2.68. The highest BCUT2D eigenvalue weighted by atomic mass is 16.2. The molecule has 136 valence electrons. The van der Waals surface area contributed by atoms with Gasteiger partial charge in [0.2, 0.25) is 5.91 Å². The van der Waals surface area contributed by atoms with Gasteiger partial charge in [-0.3, -0.25) is 14.6 Å². The molecule has 2 amide bonds. The summed E-state index contributed by atoms with van der Waals surface area (Å²) in [4.78, 5) is 31.2. The fourth-order valence-electron chi connectivity index (χ4n) is 3.50. The third kappa shape index (κ3) is 4.10. The van der Waals surface area contributed by atoms with Crippen LogP contribution < -0.4 is 5.32 Å². The summed E-state index contributed by atoms with van der Waals surface area (Å²) in [6, 6.07) is 13.6. The van der Waals surface area contributed by atoms with Gasteiger partial charge in [-0.1, -0.05) is 30.3 Å². The zero-order valence-electron chi connectivity index (χ0n) is 15.4. The molecule has 0 saturated carbocycles. The van der Waals surface area contributed by atoms with E-state index in [1.54, 1.807) is 7.05 Å². The topological polar surface area (TPSA) is 62.3 Å². The molecule has 0 unspecified atom stereocenters. The molecule has 1 aromatic heterocycles. The Kier molecular flexibility index (Phi) is 5.66. The van der Waals surface area contributed by atoms with Crippen molar-refractivity contribution in [2.75, 3.05) is 20.1 Å². The number of rotatable bonds is 4. The van der Waals surface area contributed by atoms with Gasteiger partial charge in [0.1, 0.15) is 0 Å². The first-order valence-electron chi connectivity index (χ1n) is 9.10. The van der Waals surface area contributed by atoms with Crippen molar-refractivity contribution >= 4 is 11.8 Å². The molecule has 3 rings (SSSR count). The smallest absolute Gasteiger partial charge is 0.252 e. The molecule has 0 bridgehead atoms. The first-order valence-corrected chi connectivity index (χ1v) is 9.10. The van der Waals surface area contributed by atoms with Crippen LogP contribution in [0.25, 0.3) is 0 Å². The zero-order valence-corrected chi connectivity index (χ0v) is 15.4. The van der Waals surface area contributed by atoms with Crippen molar-refractivity contribution in [2.45, 2.75) is 32.1 Å². The lowest BCUT2D eigenvalue weighted by Crippen LogP contribution is -2.39. The van der Waals surface area contributed by atoms with Crippen molar-refractivity contribution in [3.63, 3.8) is 0 Å². The summed E-state index contributed by atoms with van der Waals surface area (Å²) in [5, 5.41) is 2.69. The van der Waals surface area contributed by atoms with Crippen LogP contribution in [0.3, 0.4) is 0 Å². The molecule has 1 aromatic carbocycles. The number of aromatic nitrogens is 1. The molecule has 5 nitrogen and oxygen atoms in total. The van der Waals surface area contributed by atoms with Crippen LogP contribution in [0.2, 0.25) is 0 Å². The van der Waals surface area contributed by atoms with Gasteiger partial charge in [0, 0.05) is 31.7 Å². The van der Waals surface area contributed by atoms with Crippen molar-refractivity contribution in [2.24, 2.45) is 0 Å². The maximum Gasteiger partial charge on any atom is 0.252 e. The van der Waals surface area contributed by atoms with Crippen molar-refractivity contribution in [3.8, 4) is 0 Å². The Morgan fingerprint density at radius 3 is 2.46 bits per heavy atom. The lowest BCUT2D eigenvalue weighted by molar-refractivity contribution is -0.131. The molecule has 26 heavy (non-hydrogen) atoms. The predicted molar refractivity (Wildman–Crippen MR) is 101 cm³/mol. The summed E-state index contributed by atoms with van der Waals surface area (Å²) in [5.74, 6) is 0.274. The number of likely N-dealkylation sites (tertiary alicyclic amines) is 1. The van der Waals surface area contributed by atoms with E-state index in [1.165, 1.54) is 0 Å². The molecular weight excluding hydrogens is 326 g/mol. The molecule has 1 aliphatic rings. The third-order valence-corrected chi connectivity index (χ3v) is 4.97. The SMILES string of the molecule is CNC(=O)c1ccc(C)nc1C1CCN(C(=O)Cc2ccccc2)CC1.